The summed E-state index contributed by atoms with van der Waals surface area (Å²) in [5, 5.41) is 29.6. The Morgan fingerprint density at radius 2 is 1.91 bits per heavy atom. The molecule has 3 saturated carbocycles. The fraction of sp³-hybridized carbons (Fsp3) is 0.674. The van der Waals surface area contributed by atoms with Crippen molar-refractivity contribution in [2.24, 2.45) is 34.5 Å². The second kappa shape index (κ2) is 15.7. The molecule has 4 N–H and O–H groups in total. The average molecular weight is 749 g/mol. The molecule has 2 aliphatic heterocycles. The van der Waals surface area contributed by atoms with Gasteiger partial charge in [-0.15, -0.1) is 0 Å². The van der Waals surface area contributed by atoms with Crippen LogP contribution in [0.15, 0.2) is 30.3 Å². The predicted octanol–water partition coefficient (Wildman–Crippen LogP) is 5.05. The van der Waals surface area contributed by atoms with Gasteiger partial charge in [0.1, 0.15) is 23.6 Å². The van der Waals surface area contributed by atoms with Gasteiger partial charge in [0.15, 0.2) is 0 Å². The number of rotatable bonds is 13. The SMILES string of the molecule is COc1c(CN2O[C@@H](CO)[C@@H]([C@H](C)O)[C@H]2C(=O)N[C@H]2C[C@H]3C[C@H]([C@@H]2C)C3(C)C)cccc1-c1cc2c(c(C(=O)N[C@H](CN(C)C)CC(C)(C)C)c1)OCC2. The van der Waals surface area contributed by atoms with Gasteiger partial charge < -0.3 is 35.2 Å². The van der Waals surface area contributed by atoms with Gasteiger partial charge >= 0.3 is 0 Å². The van der Waals surface area contributed by atoms with Crippen LogP contribution in [0.4, 0.5) is 0 Å². The highest BCUT2D eigenvalue weighted by Gasteiger charge is 2.57. The molecule has 54 heavy (non-hydrogen) atoms. The summed E-state index contributed by atoms with van der Waals surface area (Å²) in [6.45, 7) is 16.2. The number of nitrogens with one attached hydrogen (secondary N) is 2. The number of aliphatic hydroxyl groups is 2. The smallest absolute Gasteiger partial charge is 0.255 e. The average Bonchev–Trinajstić information content (AvgIpc) is 3.72. The van der Waals surface area contributed by atoms with Crippen LogP contribution in [-0.2, 0) is 22.6 Å². The lowest BCUT2D eigenvalue weighted by atomic mass is 9.45. The molecular weight excluding hydrogens is 684 g/mol. The van der Waals surface area contributed by atoms with Crippen molar-refractivity contribution in [3.63, 3.8) is 0 Å². The Morgan fingerprint density at radius 3 is 2.52 bits per heavy atom. The van der Waals surface area contributed by atoms with Crippen LogP contribution in [0.25, 0.3) is 11.1 Å². The number of aliphatic hydroxyl groups excluding tert-OH is 2. The van der Waals surface area contributed by atoms with Gasteiger partial charge in [0.25, 0.3) is 5.91 Å². The number of fused-ring (bicyclic) bond motifs is 3. The molecule has 0 unspecified atom stereocenters. The standard InChI is InChI=1S/C43H64N4O7/c1-24-33-18-29(43(33,6)7)19-34(24)45-41(51)37-36(25(2)49)35(23-48)54-47(37)21-27-12-11-13-31(38(27)52-10)28-16-26-14-15-53-39(26)32(17-28)40(50)44-30(22-46(8)9)20-42(3,4)5/h11-13,16-17,24-25,29-30,33-37,48-49H,14-15,18-23H2,1-10H3,(H,44,50)(H,45,51)/t24-,25-,29+,30-,33+,34-,35-,36+,37-/m0/s1. The maximum atomic E-state index is 14.3. The number of hydrogen-bond donors (Lipinski definition) is 4. The molecule has 2 aromatic rings. The Kier molecular flexibility index (Phi) is 11.8. The number of likely N-dealkylation sites (N-methyl/N-ethyl adjacent to an activating group) is 1. The van der Waals surface area contributed by atoms with Gasteiger partial charge in [0.05, 0.1) is 38.5 Å². The van der Waals surface area contributed by atoms with Crippen LogP contribution in [0.3, 0.4) is 0 Å². The highest BCUT2D eigenvalue weighted by atomic mass is 16.7. The summed E-state index contributed by atoms with van der Waals surface area (Å²) in [7, 11) is 5.64. The minimum Gasteiger partial charge on any atom is -0.496 e. The van der Waals surface area contributed by atoms with Gasteiger partial charge in [0.2, 0.25) is 5.91 Å². The Bertz CT molecular complexity index is 1690. The van der Waals surface area contributed by atoms with E-state index in [1.807, 2.05) is 38.4 Å². The predicted molar refractivity (Wildman–Crippen MR) is 209 cm³/mol. The molecule has 7 rings (SSSR count). The largest absolute Gasteiger partial charge is 0.496 e. The van der Waals surface area contributed by atoms with Crippen LogP contribution in [0.2, 0.25) is 0 Å². The Balaban J connectivity index is 1.29. The molecule has 1 saturated heterocycles. The number of hydroxylamine groups is 2. The van der Waals surface area contributed by atoms with E-state index in [1.165, 1.54) is 6.42 Å². The summed E-state index contributed by atoms with van der Waals surface area (Å²) in [6, 6.07) is 8.95. The number of benzene rings is 2. The summed E-state index contributed by atoms with van der Waals surface area (Å²) in [5.41, 5.74) is 4.15. The van der Waals surface area contributed by atoms with Crippen LogP contribution >= 0.6 is 0 Å². The number of amides is 2. The fourth-order valence-corrected chi connectivity index (χ4v) is 10.1. The van der Waals surface area contributed by atoms with Crippen molar-refractivity contribution in [3.05, 3.63) is 47.0 Å². The third-order valence-corrected chi connectivity index (χ3v) is 12.8. The number of methoxy groups -OCH3 is 1. The first-order chi connectivity index (χ1) is 25.4. The molecule has 4 fully saturated rings. The molecule has 5 aliphatic rings. The molecule has 0 aromatic heterocycles. The molecule has 11 heteroatoms. The molecule has 2 heterocycles. The zero-order chi connectivity index (χ0) is 39.3. The summed E-state index contributed by atoms with van der Waals surface area (Å²) in [5.74, 6) is 1.67. The second-order valence-electron chi connectivity index (χ2n) is 18.5. The fourth-order valence-electron chi connectivity index (χ4n) is 10.1. The molecule has 298 valence electrons. The zero-order valence-electron chi connectivity index (χ0n) is 34.1. The Labute approximate surface area is 322 Å². The van der Waals surface area contributed by atoms with Crippen molar-refractivity contribution in [1.82, 2.24) is 20.6 Å². The molecule has 0 radical (unpaired) electrons. The highest BCUT2D eigenvalue weighted by Crippen LogP contribution is 2.61. The quantitative estimate of drug-likeness (QED) is 0.222. The number of hydrogen-bond acceptors (Lipinski definition) is 9. The van der Waals surface area contributed by atoms with E-state index in [0.29, 0.717) is 54.4 Å². The summed E-state index contributed by atoms with van der Waals surface area (Å²) < 4.78 is 12.1. The zero-order valence-corrected chi connectivity index (χ0v) is 34.1. The van der Waals surface area contributed by atoms with Crippen molar-refractivity contribution in [3.8, 4) is 22.6 Å². The Hall–Kier alpha value is -3.22. The van der Waals surface area contributed by atoms with E-state index in [-0.39, 0.29) is 47.9 Å². The molecule has 9 atom stereocenters. The van der Waals surface area contributed by atoms with Crippen molar-refractivity contribution < 1.29 is 34.1 Å². The maximum absolute atomic E-state index is 14.3. The van der Waals surface area contributed by atoms with Crippen molar-refractivity contribution in [2.45, 2.75) is 111 Å². The highest BCUT2D eigenvalue weighted by molar-refractivity contribution is 5.99. The molecule has 2 bridgehead atoms. The summed E-state index contributed by atoms with van der Waals surface area (Å²) in [6.07, 6.45) is 2.00. The first-order valence-corrected chi connectivity index (χ1v) is 19.9. The van der Waals surface area contributed by atoms with Crippen LogP contribution in [0.1, 0.15) is 89.2 Å². The van der Waals surface area contributed by atoms with E-state index < -0.39 is 24.2 Å². The minimum absolute atomic E-state index is 0.0268. The van der Waals surface area contributed by atoms with Gasteiger partial charge in [-0.3, -0.25) is 14.4 Å². The first-order valence-electron chi connectivity index (χ1n) is 19.9. The minimum atomic E-state index is -0.897. The molecule has 0 spiro atoms. The van der Waals surface area contributed by atoms with E-state index >= 15 is 0 Å². The Morgan fingerprint density at radius 1 is 1.17 bits per heavy atom. The maximum Gasteiger partial charge on any atom is 0.255 e. The number of carbonyl (C=O) groups is 2. The lowest BCUT2D eigenvalue weighted by Crippen LogP contribution is -2.62. The second-order valence-corrected chi connectivity index (χ2v) is 18.5. The topological polar surface area (TPSA) is 133 Å². The van der Waals surface area contributed by atoms with E-state index in [1.54, 1.807) is 19.1 Å². The first kappa shape index (κ1) is 40.4. The molecular formula is C43H64N4O7. The summed E-state index contributed by atoms with van der Waals surface area (Å²) >= 11 is 0. The van der Waals surface area contributed by atoms with Crippen LogP contribution in [0, 0.1) is 34.5 Å². The summed E-state index contributed by atoms with van der Waals surface area (Å²) in [4.78, 5) is 36.7. The van der Waals surface area contributed by atoms with Crippen LogP contribution < -0.4 is 20.1 Å². The van der Waals surface area contributed by atoms with Crippen molar-refractivity contribution in [2.75, 3.05) is 41.0 Å². The van der Waals surface area contributed by atoms with E-state index in [9.17, 15) is 19.8 Å². The van der Waals surface area contributed by atoms with E-state index in [0.717, 1.165) is 35.1 Å². The van der Waals surface area contributed by atoms with Crippen molar-refractivity contribution in [1.29, 1.82) is 0 Å². The van der Waals surface area contributed by atoms with E-state index in [4.69, 9.17) is 14.3 Å². The lowest BCUT2D eigenvalue weighted by molar-refractivity contribution is -0.183. The van der Waals surface area contributed by atoms with Crippen molar-refractivity contribution >= 4 is 11.8 Å². The molecule has 2 aromatic carbocycles. The third-order valence-electron chi connectivity index (χ3n) is 12.8. The van der Waals surface area contributed by atoms with Gasteiger partial charge in [-0.25, -0.2) is 0 Å². The van der Waals surface area contributed by atoms with Gasteiger partial charge in [-0.2, -0.15) is 5.06 Å². The molecule has 3 aliphatic carbocycles. The van der Waals surface area contributed by atoms with Gasteiger partial charge in [0, 0.05) is 42.1 Å². The number of carbonyl (C=O) groups excluding carboxylic acids is 2. The monoisotopic (exact) mass is 748 g/mol. The normalized spacial score (nSPS) is 28.5. The van der Waals surface area contributed by atoms with Gasteiger partial charge in [-0.1, -0.05) is 59.7 Å². The van der Waals surface area contributed by atoms with Crippen LogP contribution in [0.5, 0.6) is 11.5 Å². The lowest BCUT2D eigenvalue weighted by Gasteiger charge is -2.62. The van der Waals surface area contributed by atoms with Crippen LogP contribution in [-0.4, -0.2) is 103 Å². The molecule has 11 nitrogen and oxygen atoms in total. The third kappa shape index (κ3) is 8.03. The number of nitrogens with zero attached hydrogens (tertiary/aromatic N) is 2. The molecule has 2 amide bonds. The van der Waals surface area contributed by atoms with E-state index in [2.05, 4.69) is 63.1 Å². The number of para-hydroxylation sites is 1. The van der Waals surface area contributed by atoms with Gasteiger partial charge in [-0.05, 0) is 92.1 Å². The number of ether oxygens (including phenoxy) is 2.